The van der Waals surface area contributed by atoms with Crippen LogP contribution in [-0.2, 0) is 5.60 Å². The molecule has 1 nitrogen and oxygen atoms in total. The average Bonchev–Trinajstić information content (AvgIpc) is 2.72. The molecule has 3 aromatic carbocycles. The van der Waals surface area contributed by atoms with Crippen LogP contribution < -0.4 is 0 Å². The van der Waals surface area contributed by atoms with Gasteiger partial charge in [-0.15, -0.1) is 0 Å². The van der Waals surface area contributed by atoms with Gasteiger partial charge in [-0.25, -0.2) is 0 Å². The zero-order valence-corrected chi connectivity index (χ0v) is 15.1. The molecule has 0 saturated heterocycles. The van der Waals surface area contributed by atoms with Crippen LogP contribution in [-0.4, -0.2) is 17.2 Å². The number of benzene rings is 3. The van der Waals surface area contributed by atoms with E-state index < -0.39 is 23.3 Å². The van der Waals surface area contributed by atoms with Gasteiger partial charge in [0.25, 0.3) is 0 Å². The first-order chi connectivity index (χ1) is 13.6. The number of hydrogen-bond donors (Lipinski definition) is 1. The van der Waals surface area contributed by atoms with Gasteiger partial charge in [-0.1, -0.05) is 84.9 Å². The SMILES string of the molecule is OC(/C=C/c1ccccc1)(c1cccc(-c2ccccc2)c1)C(F)(F)C(F)(F)F. The maximum absolute atomic E-state index is 14.5. The lowest BCUT2D eigenvalue weighted by Crippen LogP contribution is -2.53. The van der Waals surface area contributed by atoms with Crippen LogP contribution in [0.1, 0.15) is 11.1 Å². The summed E-state index contributed by atoms with van der Waals surface area (Å²) in [6, 6.07) is 21.6. The van der Waals surface area contributed by atoms with Crippen LogP contribution in [0.4, 0.5) is 22.0 Å². The standard InChI is InChI=1S/C23H17F5O/c24-22(25,23(26,27)28)21(29,15-14-17-8-3-1-4-9-17)20-13-7-12-19(16-20)18-10-5-2-6-11-18/h1-16,29H/b15-14+. The molecule has 0 amide bonds. The highest BCUT2D eigenvalue weighted by atomic mass is 19.4. The van der Waals surface area contributed by atoms with Gasteiger partial charge >= 0.3 is 12.1 Å². The maximum Gasteiger partial charge on any atom is 0.457 e. The Hall–Kier alpha value is -2.99. The fraction of sp³-hybridized carbons (Fsp3) is 0.130. The average molecular weight is 404 g/mol. The molecule has 1 N–H and O–H groups in total. The van der Waals surface area contributed by atoms with Gasteiger partial charge in [-0.3, -0.25) is 0 Å². The molecule has 3 aromatic rings. The van der Waals surface area contributed by atoms with Crippen LogP contribution in [0.15, 0.2) is 91.0 Å². The topological polar surface area (TPSA) is 20.2 Å². The predicted molar refractivity (Wildman–Crippen MR) is 102 cm³/mol. The molecule has 29 heavy (non-hydrogen) atoms. The third-order valence-electron chi connectivity index (χ3n) is 4.56. The second-order valence-electron chi connectivity index (χ2n) is 6.53. The van der Waals surface area contributed by atoms with E-state index in [-0.39, 0.29) is 0 Å². The van der Waals surface area contributed by atoms with Gasteiger partial charge in [0.2, 0.25) is 0 Å². The Kier molecular flexibility index (Phi) is 5.57. The summed E-state index contributed by atoms with van der Waals surface area (Å²) >= 11 is 0. The Labute approximate surface area is 164 Å². The monoisotopic (exact) mass is 404 g/mol. The normalized spacial score (nSPS) is 14.7. The summed E-state index contributed by atoms with van der Waals surface area (Å²) in [4.78, 5) is 0. The van der Waals surface area contributed by atoms with Crippen LogP contribution in [0.5, 0.6) is 0 Å². The molecule has 150 valence electrons. The van der Waals surface area contributed by atoms with Crippen LogP contribution in [0.25, 0.3) is 17.2 Å². The van der Waals surface area contributed by atoms with Gasteiger partial charge in [0.05, 0.1) is 0 Å². The first-order valence-electron chi connectivity index (χ1n) is 8.72. The molecule has 0 bridgehead atoms. The Morgan fingerprint density at radius 3 is 1.79 bits per heavy atom. The van der Waals surface area contributed by atoms with Crippen molar-refractivity contribution in [3.8, 4) is 11.1 Å². The van der Waals surface area contributed by atoms with E-state index in [0.29, 0.717) is 22.8 Å². The van der Waals surface area contributed by atoms with E-state index in [2.05, 4.69) is 0 Å². The molecule has 0 aliphatic heterocycles. The third-order valence-corrected chi connectivity index (χ3v) is 4.56. The second kappa shape index (κ2) is 7.79. The summed E-state index contributed by atoms with van der Waals surface area (Å²) in [7, 11) is 0. The molecule has 0 spiro atoms. The van der Waals surface area contributed by atoms with Crippen LogP contribution in [0.3, 0.4) is 0 Å². The van der Waals surface area contributed by atoms with Gasteiger partial charge in [-0.2, -0.15) is 22.0 Å². The molecule has 1 unspecified atom stereocenters. The van der Waals surface area contributed by atoms with Crippen molar-refractivity contribution in [2.24, 2.45) is 0 Å². The van der Waals surface area contributed by atoms with Gasteiger partial charge in [0.15, 0.2) is 5.60 Å². The lowest BCUT2D eigenvalue weighted by Gasteiger charge is -2.35. The van der Waals surface area contributed by atoms with E-state index in [0.717, 1.165) is 18.2 Å². The van der Waals surface area contributed by atoms with E-state index in [4.69, 9.17) is 0 Å². The number of halogens is 5. The summed E-state index contributed by atoms with van der Waals surface area (Å²) < 4.78 is 68.6. The van der Waals surface area contributed by atoms with E-state index >= 15 is 0 Å². The molecule has 0 fully saturated rings. The van der Waals surface area contributed by atoms with Crippen molar-refractivity contribution in [3.63, 3.8) is 0 Å². The summed E-state index contributed by atoms with van der Waals surface area (Å²) in [6.07, 6.45) is -4.40. The Morgan fingerprint density at radius 2 is 1.21 bits per heavy atom. The molecular weight excluding hydrogens is 387 g/mol. The zero-order chi connectivity index (χ0) is 21.1. The summed E-state index contributed by atoms with van der Waals surface area (Å²) in [6.45, 7) is 0. The molecule has 6 heteroatoms. The smallest absolute Gasteiger partial charge is 0.375 e. The zero-order valence-electron chi connectivity index (χ0n) is 15.1. The number of rotatable bonds is 5. The molecule has 0 heterocycles. The Balaban J connectivity index is 2.15. The van der Waals surface area contributed by atoms with E-state index in [9.17, 15) is 27.1 Å². The van der Waals surface area contributed by atoms with Crippen molar-refractivity contribution < 1.29 is 27.1 Å². The number of hydrogen-bond acceptors (Lipinski definition) is 1. The summed E-state index contributed by atoms with van der Waals surface area (Å²) in [5.41, 5.74) is -2.74. The third kappa shape index (κ3) is 4.07. The molecule has 0 aliphatic carbocycles. The minimum absolute atomic E-state index is 0.378. The minimum atomic E-state index is -5.95. The maximum atomic E-state index is 14.5. The Bertz CT molecular complexity index is 981. The highest BCUT2D eigenvalue weighted by molar-refractivity contribution is 5.65. The fourth-order valence-electron chi connectivity index (χ4n) is 2.95. The van der Waals surface area contributed by atoms with E-state index in [1.54, 1.807) is 54.6 Å². The fourth-order valence-corrected chi connectivity index (χ4v) is 2.95. The lowest BCUT2D eigenvalue weighted by atomic mass is 9.84. The molecule has 0 aliphatic rings. The van der Waals surface area contributed by atoms with Crippen LogP contribution >= 0.6 is 0 Å². The number of alkyl halides is 5. The first kappa shape index (κ1) is 20.7. The Morgan fingerprint density at radius 1 is 0.655 bits per heavy atom. The highest BCUT2D eigenvalue weighted by Crippen LogP contribution is 2.49. The second-order valence-corrected chi connectivity index (χ2v) is 6.53. The molecular formula is C23H17F5O. The lowest BCUT2D eigenvalue weighted by molar-refractivity contribution is -0.334. The van der Waals surface area contributed by atoms with Crippen molar-refractivity contribution in [1.82, 2.24) is 0 Å². The van der Waals surface area contributed by atoms with Crippen LogP contribution in [0, 0.1) is 0 Å². The molecule has 0 radical (unpaired) electrons. The summed E-state index contributed by atoms with van der Waals surface area (Å²) in [5, 5.41) is 10.7. The minimum Gasteiger partial charge on any atom is -0.375 e. The van der Waals surface area contributed by atoms with Crippen molar-refractivity contribution in [1.29, 1.82) is 0 Å². The van der Waals surface area contributed by atoms with Crippen LogP contribution in [0.2, 0.25) is 0 Å². The van der Waals surface area contributed by atoms with Crippen molar-refractivity contribution >= 4 is 6.08 Å². The van der Waals surface area contributed by atoms with Gasteiger partial charge in [0.1, 0.15) is 0 Å². The van der Waals surface area contributed by atoms with Gasteiger partial charge < -0.3 is 5.11 Å². The molecule has 3 rings (SSSR count). The molecule has 0 aromatic heterocycles. The van der Waals surface area contributed by atoms with Crippen molar-refractivity contribution in [3.05, 3.63) is 102 Å². The quantitative estimate of drug-likeness (QED) is 0.485. The van der Waals surface area contributed by atoms with Crippen molar-refractivity contribution in [2.75, 3.05) is 0 Å². The molecule has 1 atom stereocenters. The predicted octanol–water partition coefficient (Wildman–Crippen LogP) is 6.45. The number of aliphatic hydroxyl groups is 1. The van der Waals surface area contributed by atoms with Gasteiger partial charge in [-0.05, 0) is 34.4 Å². The van der Waals surface area contributed by atoms with E-state index in [1.807, 2.05) is 0 Å². The summed E-state index contributed by atoms with van der Waals surface area (Å²) in [5.74, 6) is -5.42. The largest absolute Gasteiger partial charge is 0.457 e. The van der Waals surface area contributed by atoms with E-state index in [1.165, 1.54) is 18.2 Å². The first-order valence-corrected chi connectivity index (χ1v) is 8.72. The van der Waals surface area contributed by atoms with Crippen molar-refractivity contribution in [2.45, 2.75) is 17.7 Å². The molecule has 0 saturated carbocycles. The highest BCUT2D eigenvalue weighted by Gasteiger charge is 2.69. The van der Waals surface area contributed by atoms with Gasteiger partial charge in [0, 0.05) is 0 Å².